The number of aryl methyl sites for hydroxylation is 1. The molecule has 0 saturated carbocycles. The molecule has 20 heavy (non-hydrogen) atoms. The van der Waals surface area contributed by atoms with E-state index in [4.69, 9.17) is 16.3 Å². The molecule has 0 spiro atoms. The van der Waals surface area contributed by atoms with E-state index in [-0.39, 0.29) is 6.61 Å². The number of hydrogen-bond donors (Lipinski definition) is 1. The van der Waals surface area contributed by atoms with Gasteiger partial charge in [-0.05, 0) is 24.3 Å². The lowest BCUT2D eigenvalue weighted by Crippen LogP contribution is -2.35. The van der Waals surface area contributed by atoms with E-state index < -0.39 is 11.8 Å². The average molecular weight is 293 g/mol. The van der Waals surface area contributed by atoms with E-state index in [2.05, 4.69) is 5.32 Å². The van der Waals surface area contributed by atoms with E-state index >= 15 is 0 Å². The van der Waals surface area contributed by atoms with Gasteiger partial charge < -0.3 is 9.30 Å². The number of ether oxygens (including phenoxy) is 1. The lowest BCUT2D eigenvalue weighted by molar-refractivity contribution is -0.122. The maximum atomic E-state index is 11.8. The number of rotatable bonds is 4. The summed E-state index contributed by atoms with van der Waals surface area (Å²) >= 11 is 5.89. The lowest BCUT2D eigenvalue weighted by Gasteiger charge is -2.08. The largest absolute Gasteiger partial charge is 0.482 e. The van der Waals surface area contributed by atoms with Crippen LogP contribution in [0, 0.1) is 0 Å². The van der Waals surface area contributed by atoms with Gasteiger partial charge in [-0.3, -0.25) is 14.9 Å². The second-order valence-electron chi connectivity index (χ2n) is 4.10. The molecule has 0 radical (unpaired) electrons. The molecular weight excluding hydrogens is 280 g/mol. The molecule has 2 rings (SSSR count). The molecular formula is C14H13ClN2O3. The molecule has 1 aromatic heterocycles. The van der Waals surface area contributed by atoms with Crippen LogP contribution in [-0.2, 0) is 11.8 Å². The highest BCUT2D eigenvalue weighted by molar-refractivity contribution is 6.32. The van der Waals surface area contributed by atoms with Crippen molar-refractivity contribution < 1.29 is 14.3 Å². The number of carbonyl (C=O) groups is 2. The molecule has 0 aliphatic rings. The number of para-hydroxylation sites is 1. The first-order valence-corrected chi connectivity index (χ1v) is 6.28. The Kier molecular flexibility index (Phi) is 4.42. The summed E-state index contributed by atoms with van der Waals surface area (Å²) in [5, 5.41) is 2.66. The molecule has 0 bridgehead atoms. The van der Waals surface area contributed by atoms with E-state index in [1.165, 1.54) is 0 Å². The van der Waals surface area contributed by atoms with Gasteiger partial charge in [0.05, 0.1) is 5.02 Å². The molecule has 1 heterocycles. The van der Waals surface area contributed by atoms with E-state index in [1.54, 1.807) is 54.2 Å². The van der Waals surface area contributed by atoms with Crippen molar-refractivity contribution in [1.29, 1.82) is 0 Å². The predicted molar refractivity (Wildman–Crippen MR) is 74.8 cm³/mol. The van der Waals surface area contributed by atoms with Crippen LogP contribution in [0.3, 0.4) is 0 Å². The molecule has 2 aromatic rings. The van der Waals surface area contributed by atoms with Crippen LogP contribution in [0.5, 0.6) is 5.75 Å². The fourth-order valence-corrected chi connectivity index (χ4v) is 1.82. The number of nitrogens with one attached hydrogen (secondary N) is 1. The molecule has 0 atom stereocenters. The topological polar surface area (TPSA) is 60.3 Å². The van der Waals surface area contributed by atoms with Gasteiger partial charge in [-0.15, -0.1) is 0 Å². The number of halogens is 1. The Balaban J connectivity index is 1.89. The van der Waals surface area contributed by atoms with Crippen molar-refractivity contribution in [3.8, 4) is 5.75 Å². The fraction of sp³-hybridized carbons (Fsp3) is 0.143. The summed E-state index contributed by atoms with van der Waals surface area (Å²) in [5.74, 6) is -0.600. The van der Waals surface area contributed by atoms with E-state index in [0.717, 1.165) is 0 Å². The quantitative estimate of drug-likeness (QED) is 0.938. The molecule has 2 amide bonds. The van der Waals surface area contributed by atoms with Crippen LogP contribution in [0.15, 0.2) is 42.6 Å². The van der Waals surface area contributed by atoms with Gasteiger partial charge in [0.1, 0.15) is 11.4 Å². The minimum atomic E-state index is -0.531. The maximum Gasteiger partial charge on any atom is 0.274 e. The van der Waals surface area contributed by atoms with Crippen LogP contribution in [-0.4, -0.2) is 23.0 Å². The summed E-state index contributed by atoms with van der Waals surface area (Å²) in [6.45, 7) is -0.278. The normalized spacial score (nSPS) is 10.1. The van der Waals surface area contributed by atoms with Crippen LogP contribution in [0.25, 0.3) is 0 Å². The molecule has 6 heteroatoms. The molecule has 5 nitrogen and oxygen atoms in total. The van der Waals surface area contributed by atoms with Gasteiger partial charge >= 0.3 is 0 Å². The lowest BCUT2D eigenvalue weighted by atomic mass is 10.3. The van der Waals surface area contributed by atoms with Crippen LogP contribution in [0.1, 0.15) is 10.5 Å². The van der Waals surface area contributed by atoms with Crippen LogP contribution in [0.2, 0.25) is 5.02 Å². The number of hydrogen-bond acceptors (Lipinski definition) is 3. The van der Waals surface area contributed by atoms with Gasteiger partial charge in [0.2, 0.25) is 0 Å². The van der Waals surface area contributed by atoms with Gasteiger partial charge in [-0.25, -0.2) is 0 Å². The Bertz CT molecular complexity index is 637. The number of imide groups is 1. The van der Waals surface area contributed by atoms with Crippen LogP contribution in [0.4, 0.5) is 0 Å². The summed E-state index contributed by atoms with van der Waals surface area (Å²) in [4.78, 5) is 23.4. The minimum absolute atomic E-state index is 0.278. The minimum Gasteiger partial charge on any atom is -0.482 e. The van der Waals surface area contributed by atoms with Crippen LogP contribution >= 0.6 is 11.6 Å². The Morgan fingerprint density at radius 3 is 2.65 bits per heavy atom. The Labute approximate surface area is 121 Å². The third kappa shape index (κ3) is 3.39. The van der Waals surface area contributed by atoms with Gasteiger partial charge in [-0.1, -0.05) is 23.7 Å². The fourth-order valence-electron chi connectivity index (χ4n) is 1.63. The number of nitrogens with zero attached hydrogens (tertiary/aromatic N) is 1. The van der Waals surface area contributed by atoms with Crippen molar-refractivity contribution in [3.05, 3.63) is 53.3 Å². The maximum absolute atomic E-state index is 11.8. The first-order chi connectivity index (χ1) is 9.58. The van der Waals surface area contributed by atoms with Crippen molar-refractivity contribution in [2.45, 2.75) is 0 Å². The smallest absolute Gasteiger partial charge is 0.274 e. The standard InChI is InChI=1S/C14H13ClN2O3/c1-17-8-4-6-11(17)14(19)16-13(18)9-20-12-7-3-2-5-10(12)15/h2-8H,9H2,1H3,(H,16,18,19). The molecule has 0 aliphatic carbocycles. The van der Waals surface area contributed by atoms with Crippen LogP contribution < -0.4 is 10.1 Å². The average Bonchev–Trinajstić information content (AvgIpc) is 2.84. The molecule has 104 valence electrons. The van der Waals surface area contributed by atoms with E-state index in [1.807, 2.05) is 0 Å². The van der Waals surface area contributed by atoms with Gasteiger partial charge in [0.25, 0.3) is 11.8 Å². The van der Waals surface area contributed by atoms with Crippen molar-refractivity contribution >= 4 is 23.4 Å². The van der Waals surface area contributed by atoms with Crippen molar-refractivity contribution in [3.63, 3.8) is 0 Å². The molecule has 1 N–H and O–H groups in total. The third-order valence-corrected chi connectivity index (χ3v) is 2.94. The molecule has 0 unspecified atom stereocenters. The molecule has 0 aliphatic heterocycles. The van der Waals surface area contributed by atoms with Gasteiger partial charge in [-0.2, -0.15) is 0 Å². The summed E-state index contributed by atoms with van der Waals surface area (Å²) in [6, 6.07) is 10.2. The Morgan fingerprint density at radius 2 is 2.00 bits per heavy atom. The zero-order chi connectivity index (χ0) is 14.5. The predicted octanol–water partition coefficient (Wildman–Crippen LogP) is 2.01. The van der Waals surface area contributed by atoms with Gasteiger partial charge in [0, 0.05) is 13.2 Å². The Hall–Kier alpha value is -2.27. The third-order valence-electron chi connectivity index (χ3n) is 2.62. The molecule has 0 saturated heterocycles. The Morgan fingerprint density at radius 1 is 1.25 bits per heavy atom. The summed E-state index contributed by atoms with van der Waals surface area (Å²) < 4.78 is 6.87. The zero-order valence-electron chi connectivity index (χ0n) is 10.8. The molecule has 1 aromatic carbocycles. The second kappa shape index (κ2) is 6.25. The summed E-state index contributed by atoms with van der Waals surface area (Å²) in [5.41, 5.74) is 0.399. The first kappa shape index (κ1) is 14.1. The van der Waals surface area contributed by atoms with Gasteiger partial charge in [0.15, 0.2) is 6.61 Å². The SMILES string of the molecule is Cn1cccc1C(=O)NC(=O)COc1ccccc1Cl. The monoisotopic (exact) mass is 292 g/mol. The highest BCUT2D eigenvalue weighted by atomic mass is 35.5. The number of amides is 2. The van der Waals surface area contributed by atoms with Crippen molar-refractivity contribution in [2.75, 3.05) is 6.61 Å². The van der Waals surface area contributed by atoms with Crippen molar-refractivity contribution in [1.82, 2.24) is 9.88 Å². The second-order valence-corrected chi connectivity index (χ2v) is 4.51. The first-order valence-electron chi connectivity index (χ1n) is 5.91. The summed E-state index contributed by atoms with van der Waals surface area (Å²) in [6.07, 6.45) is 1.72. The highest BCUT2D eigenvalue weighted by Gasteiger charge is 2.13. The number of carbonyl (C=O) groups excluding carboxylic acids is 2. The number of benzene rings is 1. The highest BCUT2D eigenvalue weighted by Crippen LogP contribution is 2.22. The summed E-state index contributed by atoms with van der Waals surface area (Å²) in [7, 11) is 1.72. The number of aromatic nitrogens is 1. The van der Waals surface area contributed by atoms with E-state index in [0.29, 0.717) is 16.5 Å². The molecule has 0 fully saturated rings. The van der Waals surface area contributed by atoms with Crippen molar-refractivity contribution in [2.24, 2.45) is 7.05 Å². The zero-order valence-corrected chi connectivity index (χ0v) is 11.6. The van der Waals surface area contributed by atoms with E-state index in [9.17, 15) is 9.59 Å².